The number of thiocarbonyl (C=S) groups is 1. The maximum Gasteiger partial charge on any atom is 0.337 e. The van der Waals surface area contributed by atoms with E-state index >= 15 is 0 Å². The molecule has 8 heteroatoms. The van der Waals surface area contributed by atoms with E-state index < -0.39 is 12.0 Å². The van der Waals surface area contributed by atoms with Gasteiger partial charge in [0.1, 0.15) is 13.2 Å². The van der Waals surface area contributed by atoms with Gasteiger partial charge in [0.15, 0.2) is 16.6 Å². The van der Waals surface area contributed by atoms with E-state index in [1.807, 2.05) is 54.3 Å². The summed E-state index contributed by atoms with van der Waals surface area (Å²) in [6, 6.07) is 12.9. The average molecular weight is 475 g/mol. The predicted molar refractivity (Wildman–Crippen MR) is 117 cm³/mol. The molecule has 0 aromatic heterocycles. The van der Waals surface area contributed by atoms with Crippen LogP contribution >= 0.6 is 28.1 Å². The largest absolute Gasteiger partial charge is 0.486 e. The standard InChI is InChI=1S/C21H19BrN2O4S/c1-12-18(20(25)26-2)19(13-4-3-5-14(22)10-13)23-21(29)24(12)15-6-7-16-17(11-15)28-9-8-27-16/h3-7,10-11,19H,8-9H2,1-2H3,(H,23,29). The highest BCUT2D eigenvalue weighted by atomic mass is 79.9. The molecule has 1 unspecified atom stereocenters. The summed E-state index contributed by atoms with van der Waals surface area (Å²) in [6.45, 7) is 2.88. The molecular weight excluding hydrogens is 456 g/mol. The number of methoxy groups -OCH3 is 1. The van der Waals surface area contributed by atoms with Crippen molar-refractivity contribution in [2.24, 2.45) is 0 Å². The molecule has 2 aromatic carbocycles. The Morgan fingerprint density at radius 3 is 2.69 bits per heavy atom. The Morgan fingerprint density at radius 2 is 1.97 bits per heavy atom. The van der Waals surface area contributed by atoms with Gasteiger partial charge in [0.2, 0.25) is 0 Å². The van der Waals surface area contributed by atoms with Gasteiger partial charge >= 0.3 is 5.97 Å². The number of fused-ring (bicyclic) bond motifs is 1. The molecule has 6 nitrogen and oxygen atoms in total. The molecule has 2 heterocycles. The van der Waals surface area contributed by atoms with Crippen LogP contribution in [-0.2, 0) is 9.53 Å². The zero-order valence-corrected chi connectivity index (χ0v) is 18.3. The van der Waals surface area contributed by atoms with Gasteiger partial charge < -0.3 is 19.5 Å². The van der Waals surface area contributed by atoms with Gasteiger partial charge in [-0.25, -0.2) is 4.79 Å². The Hall–Kier alpha value is -2.58. The van der Waals surface area contributed by atoms with Gasteiger partial charge in [0, 0.05) is 16.2 Å². The molecule has 0 spiro atoms. The first-order valence-electron chi connectivity index (χ1n) is 9.04. The molecule has 0 aliphatic carbocycles. The number of hydrogen-bond donors (Lipinski definition) is 1. The number of benzene rings is 2. The second-order valence-corrected chi connectivity index (χ2v) is 7.89. The molecule has 2 aliphatic heterocycles. The Kier molecular flexibility index (Phi) is 5.47. The summed E-state index contributed by atoms with van der Waals surface area (Å²) in [5.41, 5.74) is 2.87. The molecule has 0 radical (unpaired) electrons. The first-order valence-corrected chi connectivity index (χ1v) is 10.2. The van der Waals surface area contributed by atoms with E-state index in [9.17, 15) is 4.79 Å². The van der Waals surface area contributed by atoms with Crippen LogP contribution in [0.4, 0.5) is 5.69 Å². The summed E-state index contributed by atoms with van der Waals surface area (Å²) < 4.78 is 17.3. The van der Waals surface area contributed by atoms with E-state index in [0.717, 1.165) is 15.7 Å². The molecule has 1 N–H and O–H groups in total. The van der Waals surface area contributed by atoms with Crippen LogP contribution in [0, 0.1) is 0 Å². The van der Waals surface area contributed by atoms with E-state index in [1.165, 1.54) is 7.11 Å². The van der Waals surface area contributed by atoms with Gasteiger partial charge in [-0.1, -0.05) is 28.1 Å². The third-order valence-electron chi connectivity index (χ3n) is 4.86. The Balaban J connectivity index is 1.81. The summed E-state index contributed by atoms with van der Waals surface area (Å²) in [5.74, 6) is 0.931. The quantitative estimate of drug-likeness (QED) is 0.530. The maximum absolute atomic E-state index is 12.7. The molecule has 29 heavy (non-hydrogen) atoms. The van der Waals surface area contributed by atoms with Crippen molar-refractivity contribution < 1.29 is 19.0 Å². The molecule has 0 amide bonds. The molecule has 0 saturated heterocycles. The summed E-state index contributed by atoms with van der Waals surface area (Å²) in [6.07, 6.45) is 0. The minimum Gasteiger partial charge on any atom is -0.486 e. The van der Waals surface area contributed by atoms with Crippen LogP contribution in [0.25, 0.3) is 0 Å². The monoisotopic (exact) mass is 474 g/mol. The number of ether oxygens (including phenoxy) is 3. The number of anilines is 1. The van der Waals surface area contributed by atoms with Crippen molar-refractivity contribution in [1.29, 1.82) is 0 Å². The lowest BCUT2D eigenvalue weighted by Gasteiger charge is -2.37. The van der Waals surface area contributed by atoms with Gasteiger partial charge in [0.25, 0.3) is 0 Å². The lowest BCUT2D eigenvalue weighted by Crippen LogP contribution is -2.48. The highest BCUT2D eigenvalue weighted by Gasteiger charge is 2.35. The fraction of sp³-hybridized carbons (Fsp3) is 0.238. The van der Waals surface area contributed by atoms with Crippen LogP contribution in [-0.4, -0.2) is 31.4 Å². The minimum atomic E-state index is -0.416. The van der Waals surface area contributed by atoms with Crippen molar-refractivity contribution in [1.82, 2.24) is 5.32 Å². The van der Waals surface area contributed by atoms with Crippen molar-refractivity contribution in [2.75, 3.05) is 25.2 Å². The molecule has 1 atom stereocenters. The number of rotatable bonds is 3. The lowest BCUT2D eigenvalue weighted by atomic mass is 9.95. The van der Waals surface area contributed by atoms with Gasteiger partial charge in [-0.15, -0.1) is 0 Å². The first kappa shape index (κ1) is 19.7. The molecule has 2 aromatic rings. The normalized spacial score (nSPS) is 18.4. The second-order valence-electron chi connectivity index (χ2n) is 6.59. The summed E-state index contributed by atoms with van der Waals surface area (Å²) in [7, 11) is 1.38. The number of halogens is 1. The van der Waals surface area contributed by atoms with Gasteiger partial charge in [-0.3, -0.25) is 4.90 Å². The molecular formula is C21H19BrN2O4S. The summed E-state index contributed by atoms with van der Waals surface area (Å²) in [4.78, 5) is 14.5. The fourth-order valence-electron chi connectivity index (χ4n) is 3.54. The summed E-state index contributed by atoms with van der Waals surface area (Å²) >= 11 is 9.16. The minimum absolute atomic E-state index is 0.412. The van der Waals surface area contributed by atoms with E-state index in [0.29, 0.717) is 41.1 Å². The zero-order valence-electron chi connectivity index (χ0n) is 15.9. The van der Waals surface area contributed by atoms with Gasteiger partial charge in [-0.05, 0) is 49.0 Å². The SMILES string of the molecule is COC(=O)C1=C(C)N(c2ccc3c(c2)OCCO3)C(=S)NC1c1cccc(Br)c1. The molecule has 150 valence electrons. The number of allylic oxidation sites excluding steroid dienone is 1. The van der Waals surface area contributed by atoms with E-state index in [4.69, 9.17) is 26.4 Å². The smallest absolute Gasteiger partial charge is 0.337 e. The average Bonchev–Trinajstić information content (AvgIpc) is 2.72. The number of carbonyl (C=O) groups excluding carboxylic acids is 1. The third-order valence-corrected chi connectivity index (χ3v) is 5.65. The van der Waals surface area contributed by atoms with Crippen LogP contribution in [0.3, 0.4) is 0 Å². The number of esters is 1. The van der Waals surface area contributed by atoms with Crippen LogP contribution < -0.4 is 19.7 Å². The van der Waals surface area contributed by atoms with Crippen molar-refractivity contribution in [3.8, 4) is 11.5 Å². The Bertz CT molecular complexity index is 1020. The van der Waals surface area contributed by atoms with E-state index in [2.05, 4.69) is 21.2 Å². The molecule has 4 rings (SSSR count). The van der Waals surface area contributed by atoms with Crippen molar-refractivity contribution in [3.05, 3.63) is 63.8 Å². The highest BCUT2D eigenvalue weighted by Crippen LogP contribution is 2.39. The third kappa shape index (κ3) is 3.70. The second kappa shape index (κ2) is 8.04. The number of nitrogens with one attached hydrogen (secondary N) is 1. The molecule has 2 aliphatic rings. The van der Waals surface area contributed by atoms with Crippen LogP contribution in [0.15, 0.2) is 58.2 Å². The number of carbonyl (C=O) groups is 1. The number of nitrogens with zero attached hydrogens (tertiary/aromatic N) is 1. The predicted octanol–water partition coefficient (Wildman–Crippen LogP) is 4.10. The van der Waals surface area contributed by atoms with Crippen LogP contribution in [0.5, 0.6) is 11.5 Å². The lowest BCUT2D eigenvalue weighted by molar-refractivity contribution is -0.136. The molecule has 0 bridgehead atoms. The highest BCUT2D eigenvalue weighted by molar-refractivity contribution is 9.10. The van der Waals surface area contributed by atoms with Gasteiger partial charge in [0.05, 0.1) is 24.4 Å². The molecule has 0 saturated carbocycles. The van der Waals surface area contributed by atoms with E-state index in [1.54, 1.807) is 0 Å². The van der Waals surface area contributed by atoms with Crippen molar-refractivity contribution >= 4 is 44.9 Å². The Morgan fingerprint density at radius 1 is 1.21 bits per heavy atom. The van der Waals surface area contributed by atoms with Crippen LogP contribution in [0.2, 0.25) is 0 Å². The number of hydrogen-bond acceptors (Lipinski definition) is 5. The fourth-order valence-corrected chi connectivity index (χ4v) is 4.31. The maximum atomic E-state index is 12.7. The van der Waals surface area contributed by atoms with Crippen LogP contribution in [0.1, 0.15) is 18.5 Å². The van der Waals surface area contributed by atoms with E-state index in [-0.39, 0.29) is 0 Å². The van der Waals surface area contributed by atoms with Crippen molar-refractivity contribution in [3.63, 3.8) is 0 Å². The van der Waals surface area contributed by atoms with Crippen molar-refractivity contribution in [2.45, 2.75) is 13.0 Å². The molecule has 0 fully saturated rings. The zero-order chi connectivity index (χ0) is 20.5. The topological polar surface area (TPSA) is 60.0 Å². The van der Waals surface area contributed by atoms with Gasteiger partial charge in [-0.2, -0.15) is 0 Å². The first-order chi connectivity index (χ1) is 14.0. The Labute approximate surface area is 182 Å². The summed E-state index contributed by atoms with van der Waals surface area (Å²) in [5, 5.41) is 3.77.